The second kappa shape index (κ2) is 6.86. The first-order chi connectivity index (χ1) is 8.58. The molecular formula is C13H19NO4. The summed E-state index contributed by atoms with van der Waals surface area (Å²) in [7, 11) is 1.58. The predicted molar refractivity (Wildman–Crippen MR) is 68.1 cm³/mol. The minimum atomic E-state index is -0.868. The van der Waals surface area contributed by atoms with Gasteiger partial charge in [0.05, 0.1) is 13.7 Å². The van der Waals surface area contributed by atoms with Crippen molar-refractivity contribution in [3.8, 4) is 11.5 Å². The molecule has 1 atom stereocenters. The molecule has 0 amide bonds. The van der Waals surface area contributed by atoms with Crippen LogP contribution in [0.25, 0.3) is 0 Å². The molecular weight excluding hydrogens is 234 g/mol. The fraction of sp³-hybridized carbons (Fsp3) is 0.462. The normalized spacial score (nSPS) is 11.9. The van der Waals surface area contributed by atoms with Gasteiger partial charge < -0.3 is 19.9 Å². The Morgan fingerprint density at radius 2 is 2.17 bits per heavy atom. The van der Waals surface area contributed by atoms with Gasteiger partial charge in [0.1, 0.15) is 6.04 Å². The van der Waals surface area contributed by atoms with E-state index >= 15 is 0 Å². The number of carboxylic acids is 1. The molecule has 2 N–H and O–H groups in total. The molecule has 0 aliphatic rings. The van der Waals surface area contributed by atoms with Crippen LogP contribution >= 0.6 is 0 Å². The molecule has 1 aromatic rings. The molecule has 18 heavy (non-hydrogen) atoms. The summed E-state index contributed by atoms with van der Waals surface area (Å²) in [6.07, 6.45) is 0. The number of nitrogens with one attached hydrogen (secondary N) is 1. The third-order valence-corrected chi connectivity index (χ3v) is 2.51. The maximum absolute atomic E-state index is 10.7. The Kier molecular flexibility index (Phi) is 5.45. The van der Waals surface area contributed by atoms with Crippen molar-refractivity contribution in [2.45, 2.75) is 26.4 Å². The van der Waals surface area contributed by atoms with Gasteiger partial charge >= 0.3 is 5.97 Å². The maximum atomic E-state index is 10.7. The Morgan fingerprint density at radius 3 is 2.72 bits per heavy atom. The second-order valence-electron chi connectivity index (χ2n) is 3.86. The SMILES string of the molecule is CCOc1ccc(CNC(C)C(=O)O)cc1OC. The molecule has 100 valence electrons. The first kappa shape index (κ1) is 14.3. The van der Waals surface area contributed by atoms with Crippen LogP contribution in [-0.4, -0.2) is 30.8 Å². The standard InChI is InChI=1S/C13H19NO4/c1-4-18-11-6-5-10(7-12(11)17-3)8-14-9(2)13(15)16/h5-7,9,14H,4,8H2,1-3H3,(H,15,16). The molecule has 0 fully saturated rings. The number of benzene rings is 1. The van der Waals surface area contributed by atoms with Crippen molar-refractivity contribution in [1.82, 2.24) is 5.32 Å². The highest BCUT2D eigenvalue weighted by molar-refractivity contribution is 5.72. The van der Waals surface area contributed by atoms with E-state index in [1.54, 1.807) is 14.0 Å². The number of carboxylic acid groups (broad SMARTS) is 1. The molecule has 0 aliphatic heterocycles. The van der Waals surface area contributed by atoms with Gasteiger partial charge in [0.25, 0.3) is 0 Å². The minimum absolute atomic E-state index is 0.468. The number of methoxy groups -OCH3 is 1. The summed E-state index contributed by atoms with van der Waals surface area (Å²) >= 11 is 0. The molecule has 0 heterocycles. The van der Waals surface area contributed by atoms with Crippen molar-refractivity contribution in [3.63, 3.8) is 0 Å². The molecule has 0 bridgehead atoms. The van der Waals surface area contributed by atoms with Gasteiger partial charge in [0, 0.05) is 6.54 Å². The van der Waals surface area contributed by atoms with Crippen LogP contribution in [0.3, 0.4) is 0 Å². The van der Waals surface area contributed by atoms with Gasteiger partial charge in [-0.3, -0.25) is 4.79 Å². The lowest BCUT2D eigenvalue weighted by Crippen LogP contribution is -2.33. The molecule has 1 rings (SSSR count). The van der Waals surface area contributed by atoms with Crippen molar-refractivity contribution in [2.24, 2.45) is 0 Å². The predicted octanol–water partition coefficient (Wildman–Crippen LogP) is 1.66. The molecule has 0 spiro atoms. The smallest absolute Gasteiger partial charge is 0.320 e. The average molecular weight is 253 g/mol. The summed E-state index contributed by atoms with van der Waals surface area (Å²) in [5, 5.41) is 11.7. The number of aliphatic carboxylic acids is 1. The van der Waals surface area contributed by atoms with Crippen LogP contribution in [0.2, 0.25) is 0 Å². The van der Waals surface area contributed by atoms with Gasteiger partial charge in [0.2, 0.25) is 0 Å². The minimum Gasteiger partial charge on any atom is -0.493 e. The molecule has 0 saturated carbocycles. The van der Waals surface area contributed by atoms with Crippen LogP contribution in [-0.2, 0) is 11.3 Å². The number of carbonyl (C=O) groups is 1. The van der Waals surface area contributed by atoms with Crippen molar-refractivity contribution in [1.29, 1.82) is 0 Å². The van der Waals surface area contributed by atoms with Crippen LogP contribution in [0.1, 0.15) is 19.4 Å². The van der Waals surface area contributed by atoms with Crippen molar-refractivity contribution in [3.05, 3.63) is 23.8 Å². The topological polar surface area (TPSA) is 67.8 Å². The highest BCUT2D eigenvalue weighted by atomic mass is 16.5. The van der Waals surface area contributed by atoms with E-state index in [-0.39, 0.29) is 0 Å². The molecule has 0 aliphatic carbocycles. The van der Waals surface area contributed by atoms with E-state index in [0.29, 0.717) is 24.7 Å². The zero-order valence-corrected chi connectivity index (χ0v) is 10.9. The summed E-state index contributed by atoms with van der Waals surface area (Å²) in [5.41, 5.74) is 0.948. The molecule has 5 heteroatoms. The lowest BCUT2D eigenvalue weighted by molar-refractivity contribution is -0.139. The Bertz CT molecular complexity index is 406. The molecule has 1 aromatic carbocycles. The molecule has 0 radical (unpaired) electrons. The van der Waals surface area contributed by atoms with E-state index in [9.17, 15) is 4.79 Å². The zero-order chi connectivity index (χ0) is 13.5. The van der Waals surface area contributed by atoms with E-state index in [1.807, 2.05) is 25.1 Å². The first-order valence-corrected chi connectivity index (χ1v) is 5.84. The van der Waals surface area contributed by atoms with Gasteiger partial charge in [-0.25, -0.2) is 0 Å². The number of rotatable bonds is 7. The van der Waals surface area contributed by atoms with Gasteiger partial charge in [-0.05, 0) is 31.5 Å². The van der Waals surface area contributed by atoms with Crippen LogP contribution < -0.4 is 14.8 Å². The Balaban J connectivity index is 2.70. The van der Waals surface area contributed by atoms with Crippen molar-refractivity contribution >= 4 is 5.97 Å². The van der Waals surface area contributed by atoms with Gasteiger partial charge in [-0.2, -0.15) is 0 Å². The van der Waals surface area contributed by atoms with E-state index in [4.69, 9.17) is 14.6 Å². The lowest BCUT2D eigenvalue weighted by atomic mass is 10.2. The Hall–Kier alpha value is -1.75. The quantitative estimate of drug-likeness (QED) is 0.773. The maximum Gasteiger partial charge on any atom is 0.320 e. The van der Waals surface area contributed by atoms with Gasteiger partial charge in [-0.15, -0.1) is 0 Å². The van der Waals surface area contributed by atoms with Crippen LogP contribution in [0.5, 0.6) is 11.5 Å². The average Bonchev–Trinajstić information content (AvgIpc) is 2.37. The Morgan fingerprint density at radius 1 is 1.44 bits per heavy atom. The summed E-state index contributed by atoms with van der Waals surface area (Å²) in [6, 6.07) is 4.97. The van der Waals surface area contributed by atoms with Gasteiger partial charge in [0.15, 0.2) is 11.5 Å². The van der Waals surface area contributed by atoms with Crippen LogP contribution in [0.15, 0.2) is 18.2 Å². The number of ether oxygens (including phenoxy) is 2. The van der Waals surface area contributed by atoms with E-state index in [0.717, 1.165) is 5.56 Å². The summed E-state index contributed by atoms with van der Waals surface area (Å²) in [5.74, 6) is 0.474. The van der Waals surface area contributed by atoms with E-state index < -0.39 is 12.0 Å². The lowest BCUT2D eigenvalue weighted by Gasteiger charge is -2.12. The van der Waals surface area contributed by atoms with Crippen molar-refractivity contribution < 1.29 is 19.4 Å². The highest BCUT2D eigenvalue weighted by Crippen LogP contribution is 2.27. The molecule has 0 aromatic heterocycles. The number of hydrogen-bond donors (Lipinski definition) is 2. The third kappa shape index (κ3) is 3.92. The first-order valence-electron chi connectivity index (χ1n) is 5.84. The summed E-state index contributed by atoms with van der Waals surface area (Å²) in [6.45, 7) is 4.55. The van der Waals surface area contributed by atoms with E-state index in [1.165, 1.54) is 0 Å². The third-order valence-electron chi connectivity index (χ3n) is 2.51. The van der Waals surface area contributed by atoms with Gasteiger partial charge in [-0.1, -0.05) is 6.07 Å². The largest absolute Gasteiger partial charge is 0.493 e. The summed E-state index contributed by atoms with van der Waals surface area (Å²) in [4.78, 5) is 10.7. The highest BCUT2D eigenvalue weighted by Gasteiger charge is 2.10. The fourth-order valence-corrected chi connectivity index (χ4v) is 1.45. The number of hydrogen-bond acceptors (Lipinski definition) is 4. The second-order valence-corrected chi connectivity index (χ2v) is 3.86. The van der Waals surface area contributed by atoms with E-state index in [2.05, 4.69) is 5.32 Å². The molecule has 0 saturated heterocycles. The molecule has 5 nitrogen and oxygen atoms in total. The van der Waals surface area contributed by atoms with Crippen LogP contribution in [0.4, 0.5) is 0 Å². The summed E-state index contributed by atoms with van der Waals surface area (Å²) < 4.78 is 10.6. The van der Waals surface area contributed by atoms with Crippen molar-refractivity contribution in [2.75, 3.05) is 13.7 Å². The zero-order valence-electron chi connectivity index (χ0n) is 10.9. The fourth-order valence-electron chi connectivity index (χ4n) is 1.45. The monoisotopic (exact) mass is 253 g/mol. The molecule has 1 unspecified atom stereocenters. The Labute approximate surface area is 107 Å². The van der Waals surface area contributed by atoms with Crippen LogP contribution in [0, 0.1) is 0 Å².